The summed E-state index contributed by atoms with van der Waals surface area (Å²) < 4.78 is 10.5. The minimum atomic E-state index is -0.523. The fourth-order valence-electron chi connectivity index (χ4n) is 3.93. The third-order valence-corrected chi connectivity index (χ3v) is 5.50. The molecule has 0 N–H and O–H groups in total. The van der Waals surface area contributed by atoms with Gasteiger partial charge in [-0.3, -0.25) is 14.4 Å². The van der Waals surface area contributed by atoms with E-state index in [2.05, 4.69) is 4.90 Å². The van der Waals surface area contributed by atoms with Gasteiger partial charge in [0.25, 0.3) is 0 Å². The van der Waals surface area contributed by atoms with Gasteiger partial charge in [-0.1, -0.05) is 12.1 Å². The Kier molecular flexibility index (Phi) is 6.95. The molecule has 0 aliphatic carbocycles. The highest BCUT2D eigenvalue weighted by Crippen LogP contribution is 2.28. The van der Waals surface area contributed by atoms with Gasteiger partial charge in [0.05, 0.1) is 25.3 Å². The van der Waals surface area contributed by atoms with Crippen molar-refractivity contribution in [2.45, 2.75) is 19.8 Å². The Labute approximate surface area is 171 Å². The Morgan fingerprint density at radius 2 is 1.69 bits per heavy atom. The summed E-state index contributed by atoms with van der Waals surface area (Å²) in [6, 6.07) is 7.77. The second-order valence-corrected chi connectivity index (χ2v) is 7.29. The van der Waals surface area contributed by atoms with E-state index in [4.69, 9.17) is 9.47 Å². The highest BCUT2D eigenvalue weighted by molar-refractivity contribution is 6.35. The number of hydrogen-bond donors (Lipinski definition) is 0. The Balaban J connectivity index is 1.56. The van der Waals surface area contributed by atoms with Crippen LogP contribution in [0.2, 0.25) is 0 Å². The van der Waals surface area contributed by atoms with Gasteiger partial charge in [0, 0.05) is 39.3 Å². The number of carbonyl (C=O) groups is 3. The molecule has 0 aromatic heterocycles. The maximum atomic E-state index is 12.7. The van der Waals surface area contributed by atoms with Crippen LogP contribution >= 0.6 is 0 Å². The number of piperazine rings is 1. The summed E-state index contributed by atoms with van der Waals surface area (Å²) in [5.41, 5.74) is 0.988. The number of amides is 2. The lowest BCUT2D eigenvalue weighted by Gasteiger charge is -2.38. The van der Waals surface area contributed by atoms with Gasteiger partial charge in [-0.15, -0.1) is 0 Å². The minimum absolute atomic E-state index is 0.255. The first kappa shape index (κ1) is 21.0. The Bertz CT molecular complexity index is 746. The summed E-state index contributed by atoms with van der Waals surface area (Å²) in [6.07, 6.45) is 1.39. The number of likely N-dealkylation sites (tertiary alicyclic amines) is 1. The van der Waals surface area contributed by atoms with Gasteiger partial charge in [-0.2, -0.15) is 0 Å². The van der Waals surface area contributed by atoms with E-state index in [1.165, 1.54) is 4.90 Å². The molecule has 2 fully saturated rings. The lowest BCUT2D eigenvalue weighted by molar-refractivity contribution is -0.156. The van der Waals surface area contributed by atoms with Crippen molar-refractivity contribution < 1.29 is 23.9 Å². The van der Waals surface area contributed by atoms with E-state index in [0.717, 1.165) is 11.4 Å². The van der Waals surface area contributed by atoms with Gasteiger partial charge in [-0.25, -0.2) is 0 Å². The summed E-state index contributed by atoms with van der Waals surface area (Å²) in [4.78, 5) is 42.7. The molecule has 8 nitrogen and oxygen atoms in total. The van der Waals surface area contributed by atoms with Gasteiger partial charge >= 0.3 is 17.8 Å². The topological polar surface area (TPSA) is 79.4 Å². The molecule has 1 aromatic rings. The van der Waals surface area contributed by atoms with Crippen LogP contribution < -0.4 is 9.64 Å². The number of esters is 1. The number of ether oxygens (including phenoxy) is 2. The van der Waals surface area contributed by atoms with Crippen molar-refractivity contribution in [2.24, 2.45) is 5.92 Å². The van der Waals surface area contributed by atoms with Gasteiger partial charge in [0.15, 0.2) is 0 Å². The first-order valence-electron chi connectivity index (χ1n) is 10.2. The molecule has 2 aliphatic rings. The number of nitrogens with zero attached hydrogens (tertiary/aromatic N) is 3. The van der Waals surface area contributed by atoms with E-state index < -0.39 is 11.8 Å². The van der Waals surface area contributed by atoms with E-state index in [-0.39, 0.29) is 18.4 Å². The molecule has 158 valence electrons. The van der Waals surface area contributed by atoms with Crippen molar-refractivity contribution in [3.05, 3.63) is 24.3 Å². The largest absolute Gasteiger partial charge is 0.495 e. The predicted molar refractivity (Wildman–Crippen MR) is 108 cm³/mol. The Morgan fingerprint density at radius 3 is 2.38 bits per heavy atom. The Hall–Kier alpha value is -2.77. The second-order valence-electron chi connectivity index (χ2n) is 7.29. The van der Waals surface area contributed by atoms with Crippen LogP contribution in [0.4, 0.5) is 5.69 Å². The normalized spacial score (nSPS) is 19.7. The SMILES string of the molecule is CCOC(=O)C1CCCN(C(=O)C(=O)N2CCN(c3ccccc3OC)CC2)C1. The van der Waals surface area contributed by atoms with Crippen LogP contribution in [0.25, 0.3) is 0 Å². The average Bonchev–Trinajstić information content (AvgIpc) is 2.78. The lowest BCUT2D eigenvalue weighted by Crippen LogP contribution is -2.55. The second kappa shape index (κ2) is 9.62. The molecule has 1 unspecified atom stereocenters. The number of anilines is 1. The van der Waals surface area contributed by atoms with Gasteiger partial charge in [-0.05, 0) is 31.9 Å². The molecule has 0 spiro atoms. The number of piperidine rings is 1. The molecule has 2 amide bonds. The summed E-state index contributed by atoms with van der Waals surface area (Å²) in [6.45, 7) is 5.04. The van der Waals surface area contributed by atoms with E-state index in [9.17, 15) is 14.4 Å². The smallest absolute Gasteiger partial charge is 0.312 e. The molecular formula is C21H29N3O5. The van der Waals surface area contributed by atoms with Crippen LogP contribution in [0.3, 0.4) is 0 Å². The molecule has 29 heavy (non-hydrogen) atoms. The number of carbonyl (C=O) groups excluding carboxylic acids is 3. The third-order valence-electron chi connectivity index (χ3n) is 5.50. The molecule has 8 heteroatoms. The maximum absolute atomic E-state index is 12.7. The molecule has 2 saturated heterocycles. The van der Waals surface area contributed by atoms with Crippen molar-refractivity contribution >= 4 is 23.5 Å². The van der Waals surface area contributed by atoms with Crippen LogP contribution in [0.15, 0.2) is 24.3 Å². The number of para-hydroxylation sites is 2. The van der Waals surface area contributed by atoms with Crippen molar-refractivity contribution in [2.75, 3.05) is 57.9 Å². The molecule has 1 aromatic carbocycles. The molecule has 3 rings (SSSR count). The van der Waals surface area contributed by atoms with Crippen LogP contribution in [0.5, 0.6) is 5.75 Å². The third kappa shape index (κ3) is 4.81. The van der Waals surface area contributed by atoms with Crippen LogP contribution in [-0.2, 0) is 19.1 Å². The molecule has 0 bridgehead atoms. The summed E-state index contributed by atoms with van der Waals surface area (Å²) >= 11 is 0. The zero-order valence-corrected chi connectivity index (χ0v) is 17.1. The van der Waals surface area contributed by atoms with E-state index in [0.29, 0.717) is 52.2 Å². The number of hydrogen-bond acceptors (Lipinski definition) is 6. The van der Waals surface area contributed by atoms with E-state index >= 15 is 0 Å². The van der Waals surface area contributed by atoms with Crippen LogP contribution in [-0.4, -0.2) is 80.6 Å². The highest BCUT2D eigenvalue weighted by atomic mass is 16.5. The molecule has 2 heterocycles. The van der Waals surface area contributed by atoms with Gasteiger partial charge < -0.3 is 24.2 Å². The maximum Gasteiger partial charge on any atom is 0.312 e. The van der Waals surface area contributed by atoms with Gasteiger partial charge in [0.2, 0.25) is 0 Å². The highest BCUT2D eigenvalue weighted by Gasteiger charge is 2.35. The minimum Gasteiger partial charge on any atom is -0.495 e. The predicted octanol–water partition coefficient (Wildman–Crippen LogP) is 1.15. The quantitative estimate of drug-likeness (QED) is 0.554. The van der Waals surface area contributed by atoms with Gasteiger partial charge in [0.1, 0.15) is 5.75 Å². The fourth-order valence-corrected chi connectivity index (χ4v) is 3.93. The fraction of sp³-hybridized carbons (Fsp3) is 0.571. The Morgan fingerprint density at radius 1 is 1.00 bits per heavy atom. The van der Waals surface area contributed by atoms with Crippen LogP contribution in [0.1, 0.15) is 19.8 Å². The van der Waals surface area contributed by atoms with Crippen molar-refractivity contribution in [1.82, 2.24) is 9.80 Å². The zero-order valence-electron chi connectivity index (χ0n) is 17.1. The first-order chi connectivity index (χ1) is 14.0. The molecular weight excluding hydrogens is 374 g/mol. The number of rotatable bonds is 4. The number of benzene rings is 1. The summed E-state index contributed by atoms with van der Waals surface area (Å²) in [5, 5.41) is 0. The zero-order chi connectivity index (χ0) is 20.8. The van der Waals surface area contributed by atoms with Crippen molar-refractivity contribution in [1.29, 1.82) is 0 Å². The average molecular weight is 403 g/mol. The van der Waals surface area contributed by atoms with Crippen molar-refractivity contribution in [3.63, 3.8) is 0 Å². The summed E-state index contributed by atoms with van der Waals surface area (Å²) in [5.74, 6) is -0.855. The monoisotopic (exact) mass is 403 g/mol. The lowest BCUT2D eigenvalue weighted by atomic mass is 9.98. The van der Waals surface area contributed by atoms with Crippen LogP contribution in [0, 0.1) is 5.92 Å². The summed E-state index contributed by atoms with van der Waals surface area (Å²) in [7, 11) is 1.64. The standard InChI is InChI=1S/C21H29N3O5/c1-3-29-21(27)16-7-6-10-24(15-16)20(26)19(25)23-13-11-22(12-14-23)17-8-4-5-9-18(17)28-2/h4-5,8-9,16H,3,6-7,10-15H2,1-2H3. The molecule has 2 aliphatic heterocycles. The molecule has 0 radical (unpaired) electrons. The van der Waals surface area contributed by atoms with E-state index in [1.807, 2.05) is 24.3 Å². The molecule has 0 saturated carbocycles. The first-order valence-corrected chi connectivity index (χ1v) is 10.2. The van der Waals surface area contributed by atoms with Crippen molar-refractivity contribution in [3.8, 4) is 5.75 Å². The number of methoxy groups -OCH3 is 1. The van der Waals surface area contributed by atoms with E-state index in [1.54, 1.807) is 18.9 Å². The molecule has 1 atom stereocenters.